The second-order valence-corrected chi connectivity index (χ2v) is 8.26. The van der Waals surface area contributed by atoms with E-state index in [9.17, 15) is 4.79 Å². The molecule has 2 heterocycles. The van der Waals surface area contributed by atoms with Gasteiger partial charge in [-0.15, -0.1) is 10.2 Å². The van der Waals surface area contributed by atoms with Gasteiger partial charge < -0.3 is 24.8 Å². The highest BCUT2D eigenvalue weighted by Crippen LogP contribution is 2.20. The van der Waals surface area contributed by atoms with Gasteiger partial charge in [-0.25, -0.2) is 4.79 Å². The lowest BCUT2D eigenvalue weighted by molar-refractivity contribution is 0.0110. The third-order valence-electron chi connectivity index (χ3n) is 4.72. The fraction of sp³-hybridized carbons (Fsp3) is 0.800. The maximum atomic E-state index is 12.6. The molecule has 1 atom stereocenters. The monoisotopic (exact) mass is 407 g/mol. The van der Waals surface area contributed by atoms with Crippen LogP contribution in [0.2, 0.25) is 0 Å². The number of carbonyl (C=O) groups is 1. The average molecular weight is 408 g/mol. The van der Waals surface area contributed by atoms with Crippen LogP contribution in [0.5, 0.6) is 0 Å². The summed E-state index contributed by atoms with van der Waals surface area (Å²) in [6, 6.07) is 0.0681. The molecule has 0 aromatic carbocycles. The molecule has 2 N–H and O–H groups in total. The van der Waals surface area contributed by atoms with Crippen LogP contribution in [0, 0.1) is 0 Å². The zero-order valence-electron chi connectivity index (χ0n) is 18.6. The molecule has 1 aromatic rings. The van der Waals surface area contributed by atoms with E-state index in [1.54, 1.807) is 6.33 Å². The van der Waals surface area contributed by atoms with Crippen molar-refractivity contribution in [1.29, 1.82) is 0 Å². The summed E-state index contributed by atoms with van der Waals surface area (Å²) in [5.41, 5.74) is -0.488. The van der Waals surface area contributed by atoms with Gasteiger partial charge in [0.15, 0.2) is 5.96 Å². The first kappa shape index (κ1) is 23.0. The molecule has 0 spiro atoms. The Morgan fingerprint density at radius 2 is 2.10 bits per heavy atom. The first-order valence-corrected chi connectivity index (χ1v) is 10.7. The standard InChI is InChI=1S/C20H37N7O2/c1-6-17-25-24-15-26(17)13-11-22-18(21-7-2)23-14-16-10-8-9-12-27(16)19(28)29-20(3,4)5/h15-16H,6-14H2,1-5H3,(H2,21,22,23). The minimum Gasteiger partial charge on any atom is -0.444 e. The number of guanidine groups is 1. The van der Waals surface area contributed by atoms with Crippen molar-refractivity contribution in [3.8, 4) is 0 Å². The Balaban J connectivity index is 1.93. The minimum atomic E-state index is -0.488. The first-order chi connectivity index (χ1) is 13.8. The van der Waals surface area contributed by atoms with Crippen LogP contribution in [0.4, 0.5) is 4.79 Å². The van der Waals surface area contributed by atoms with Crippen LogP contribution in [-0.2, 0) is 17.7 Å². The highest BCUT2D eigenvalue weighted by atomic mass is 16.6. The number of carbonyl (C=O) groups excluding carboxylic acids is 1. The molecule has 0 aliphatic carbocycles. The Hall–Kier alpha value is -2.32. The summed E-state index contributed by atoms with van der Waals surface area (Å²) in [6.45, 7) is 13.4. The van der Waals surface area contributed by atoms with Crippen molar-refractivity contribution >= 4 is 12.1 Å². The number of nitrogens with one attached hydrogen (secondary N) is 2. The Bertz CT molecular complexity index is 666. The highest BCUT2D eigenvalue weighted by Gasteiger charge is 2.30. The Morgan fingerprint density at radius 1 is 1.31 bits per heavy atom. The Morgan fingerprint density at radius 3 is 2.79 bits per heavy atom. The molecular weight excluding hydrogens is 370 g/mol. The molecule has 1 amide bonds. The number of piperidine rings is 1. The quantitative estimate of drug-likeness (QED) is 0.531. The molecule has 2 rings (SSSR count). The molecule has 1 saturated heterocycles. The smallest absolute Gasteiger partial charge is 0.410 e. The van der Waals surface area contributed by atoms with Gasteiger partial charge in [-0.2, -0.15) is 0 Å². The number of likely N-dealkylation sites (tertiary alicyclic amines) is 1. The zero-order valence-corrected chi connectivity index (χ0v) is 18.6. The van der Waals surface area contributed by atoms with E-state index < -0.39 is 5.60 Å². The Kier molecular flexibility index (Phi) is 8.72. The molecule has 0 saturated carbocycles. The number of aromatic nitrogens is 3. The summed E-state index contributed by atoms with van der Waals surface area (Å²) in [6.07, 6.45) is 5.44. The summed E-state index contributed by atoms with van der Waals surface area (Å²) >= 11 is 0. The summed E-state index contributed by atoms with van der Waals surface area (Å²) in [5, 5.41) is 14.7. The molecule has 9 nitrogen and oxygen atoms in total. The van der Waals surface area contributed by atoms with Gasteiger partial charge in [0, 0.05) is 32.6 Å². The van der Waals surface area contributed by atoms with Crippen molar-refractivity contribution in [2.45, 2.75) is 78.5 Å². The van der Waals surface area contributed by atoms with E-state index in [4.69, 9.17) is 9.73 Å². The normalized spacial score (nSPS) is 17.9. The summed E-state index contributed by atoms with van der Waals surface area (Å²) < 4.78 is 7.63. The van der Waals surface area contributed by atoms with Crippen molar-refractivity contribution in [1.82, 2.24) is 30.3 Å². The average Bonchev–Trinajstić information content (AvgIpc) is 3.12. The molecular formula is C20H37N7O2. The second-order valence-electron chi connectivity index (χ2n) is 8.26. The van der Waals surface area contributed by atoms with Gasteiger partial charge in [0.25, 0.3) is 0 Å². The number of hydrogen-bond acceptors (Lipinski definition) is 5. The summed E-state index contributed by atoms with van der Waals surface area (Å²) in [5.74, 6) is 1.73. The first-order valence-electron chi connectivity index (χ1n) is 10.7. The topological polar surface area (TPSA) is 96.7 Å². The van der Waals surface area contributed by atoms with Crippen molar-refractivity contribution in [2.75, 3.05) is 26.2 Å². The zero-order chi connectivity index (χ0) is 21.3. The van der Waals surface area contributed by atoms with Gasteiger partial charge in [-0.05, 0) is 47.0 Å². The number of rotatable bonds is 7. The SMILES string of the molecule is CCNC(=NCC1CCCCN1C(=O)OC(C)(C)C)NCCn1cnnc1CC. The van der Waals surface area contributed by atoms with Gasteiger partial charge in [0.05, 0.1) is 12.6 Å². The van der Waals surface area contributed by atoms with Gasteiger partial charge in [0.1, 0.15) is 17.8 Å². The van der Waals surface area contributed by atoms with Crippen LogP contribution in [-0.4, -0.2) is 69.5 Å². The predicted octanol–water partition coefficient (Wildman–Crippen LogP) is 2.19. The van der Waals surface area contributed by atoms with Gasteiger partial charge in [-0.3, -0.25) is 4.99 Å². The third-order valence-corrected chi connectivity index (χ3v) is 4.72. The molecule has 29 heavy (non-hydrogen) atoms. The molecule has 1 unspecified atom stereocenters. The minimum absolute atomic E-state index is 0.0681. The molecule has 1 fully saturated rings. The number of amides is 1. The van der Waals surface area contributed by atoms with E-state index in [0.29, 0.717) is 6.54 Å². The van der Waals surface area contributed by atoms with Crippen LogP contribution in [0.15, 0.2) is 11.3 Å². The number of aryl methyl sites for hydroxylation is 1. The lowest BCUT2D eigenvalue weighted by Gasteiger charge is -2.36. The van der Waals surface area contributed by atoms with Crippen LogP contribution in [0.1, 0.15) is 59.7 Å². The van der Waals surface area contributed by atoms with Crippen LogP contribution in [0.3, 0.4) is 0 Å². The van der Waals surface area contributed by atoms with Crippen LogP contribution < -0.4 is 10.6 Å². The number of hydrogen-bond donors (Lipinski definition) is 2. The van der Waals surface area contributed by atoms with E-state index in [1.807, 2.05) is 37.2 Å². The predicted molar refractivity (Wildman–Crippen MR) is 114 cm³/mol. The van der Waals surface area contributed by atoms with E-state index in [-0.39, 0.29) is 12.1 Å². The molecule has 1 aromatic heterocycles. The van der Waals surface area contributed by atoms with E-state index in [1.165, 1.54) is 0 Å². The van der Waals surface area contributed by atoms with Gasteiger partial charge >= 0.3 is 6.09 Å². The molecule has 164 valence electrons. The van der Waals surface area contributed by atoms with Crippen molar-refractivity contribution in [3.05, 3.63) is 12.2 Å². The maximum Gasteiger partial charge on any atom is 0.410 e. The molecule has 9 heteroatoms. The van der Waals surface area contributed by atoms with Crippen LogP contribution >= 0.6 is 0 Å². The maximum absolute atomic E-state index is 12.6. The van der Waals surface area contributed by atoms with Crippen molar-refractivity contribution < 1.29 is 9.53 Å². The number of nitrogens with zero attached hydrogens (tertiary/aromatic N) is 5. The third kappa shape index (κ3) is 7.55. The number of aliphatic imine (C=N–C) groups is 1. The summed E-state index contributed by atoms with van der Waals surface area (Å²) in [4.78, 5) is 19.1. The van der Waals surface area contributed by atoms with E-state index in [0.717, 1.165) is 63.6 Å². The fourth-order valence-corrected chi connectivity index (χ4v) is 3.32. The largest absolute Gasteiger partial charge is 0.444 e. The molecule has 0 radical (unpaired) electrons. The van der Waals surface area contributed by atoms with Gasteiger partial charge in [-0.1, -0.05) is 6.92 Å². The lowest BCUT2D eigenvalue weighted by Crippen LogP contribution is -2.48. The lowest BCUT2D eigenvalue weighted by atomic mass is 10.0. The number of ether oxygens (including phenoxy) is 1. The highest BCUT2D eigenvalue weighted by molar-refractivity contribution is 5.79. The van der Waals surface area contributed by atoms with E-state index >= 15 is 0 Å². The van der Waals surface area contributed by atoms with Gasteiger partial charge in [0.2, 0.25) is 0 Å². The molecule has 1 aliphatic heterocycles. The van der Waals surface area contributed by atoms with Crippen molar-refractivity contribution in [3.63, 3.8) is 0 Å². The van der Waals surface area contributed by atoms with Crippen molar-refractivity contribution in [2.24, 2.45) is 4.99 Å². The Labute approximate surface area is 174 Å². The fourth-order valence-electron chi connectivity index (χ4n) is 3.32. The summed E-state index contributed by atoms with van der Waals surface area (Å²) in [7, 11) is 0. The second kappa shape index (κ2) is 11.0. The van der Waals surface area contributed by atoms with E-state index in [2.05, 4.69) is 27.8 Å². The molecule has 0 bridgehead atoms. The van der Waals surface area contributed by atoms with Crippen LogP contribution in [0.25, 0.3) is 0 Å². The molecule has 1 aliphatic rings.